The number of hydrogen-bond donors (Lipinski definition) is 1. The third-order valence-electron chi connectivity index (χ3n) is 3.42. The summed E-state index contributed by atoms with van der Waals surface area (Å²) in [6.07, 6.45) is -3.29. The highest BCUT2D eigenvalue weighted by molar-refractivity contribution is 7.14. The molecule has 0 bridgehead atoms. The minimum absolute atomic E-state index is 0.287. The second-order valence-electron chi connectivity index (χ2n) is 5.34. The highest BCUT2D eigenvalue weighted by atomic mass is 32.1. The monoisotopic (exact) mass is 377 g/mol. The molecular formula is C18H14F3N3OS. The summed E-state index contributed by atoms with van der Waals surface area (Å²) in [7, 11) is 0. The molecule has 0 aliphatic carbocycles. The molecule has 3 rings (SSSR count). The van der Waals surface area contributed by atoms with Gasteiger partial charge in [-0.2, -0.15) is 5.10 Å². The zero-order chi connectivity index (χ0) is 18.6. The van der Waals surface area contributed by atoms with Gasteiger partial charge in [0.15, 0.2) is 0 Å². The van der Waals surface area contributed by atoms with Crippen LogP contribution in [-0.2, 0) is 0 Å². The molecule has 2 aromatic carbocycles. The van der Waals surface area contributed by atoms with E-state index in [0.717, 1.165) is 16.8 Å². The van der Waals surface area contributed by atoms with Gasteiger partial charge in [-0.3, -0.25) is 5.43 Å². The first-order valence-electron chi connectivity index (χ1n) is 7.57. The molecule has 1 N–H and O–H groups in total. The maximum Gasteiger partial charge on any atom is 0.573 e. The molecule has 3 aromatic rings. The average molecular weight is 377 g/mol. The molecule has 0 saturated heterocycles. The number of rotatable bonds is 5. The third kappa shape index (κ3) is 4.82. The fourth-order valence-electron chi connectivity index (χ4n) is 2.18. The van der Waals surface area contributed by atoms with Gasteiger partial charge in [-0.1, -0.05) is 36.4 Å². The second kappa shape index (κ2) is 7.57. The van der Waals surface area contributed by atoms with Gasteiger partial charge in [0.25, 0.3) is 0 Å². The lowest BCUT2D eigenvalue weighted by molar-refractivity contribution is -0.274. The average Bonchev–Trinajstić information content (AvgIpc) is 3.06. The minimum Gasteiger partial charge on any atom is -0.406 e. The van der Waals surface area contributed by atoms with Gasteiger partial charge in [0.05, 0.1) is 11.9 Å². The van der Waals surface area contributed by atoms with E-state index in [9.17, 15) is 13.2 Å². The number of hydrogen-bond acceptors (Lipinski definition) is 5. The number of thiazole rings is 1. The molecule has 0 atom stereocenters. The predicted octanol–water partition coefficient (Wildman–Crippen LogP) is 5.46. The van der Waals surface area contributed by atoms with Crippen molar-refractivity contribution in [2.45, 2.75) is 13.3 Å². The molecule has 0 aliphatic heterocycles. The maximum absolute atomic E-state index is 12.3. The second-order valence-corrected chi connectivity index (χ2v) is 6.20. The van der Waals surface area contributed by atoms with Crippen molar-refractivity contribution in [1.82, 2.24) is 4.98 Å². The number of aromatic nitrogens is 1. The molecule has 1 heterocycles. The minimum atomic E-state index is -4.73. The van der Waals surface area contributed by atoms with E-state index in [4.69, 9.17) is 0 Å². The lowest BCUT2D eigenvalue weighted by Gasteiger charge is -2.10. The molecule has 4 nitrogen and oxygen atoms in total. The Morgan fingerprint density at radius 3 is 2.65 bits per heavy atom. The van der Waals surface area contributed by atoms with Crippen molar-refractivity contribution in [1.29, 1.82) is 0 Å². The predicted molar refractivity (Wildman–Crippen MR) is 96.6 cm³/mol. The van der Waals surface area contributed by atoms with Gasteiger partial charge >= 0.3 is 6.36 Å². The summed E-state index contributed by atoms with van der Waals surface area (Å²) < 4.78 is 40.9. The molecule has 134 valence electrons. The topological polar surface area (TPSA) is 46.5 Å². The van der Waals surface area contributed by atoms with E-state index in [1.807, 2.05) is 35.7 Å². The molecule has 1 aromatic heterocycles. The van der Waals surface area contributed by atoms with Gasteiger partial charge in [0.1, 0.15) is 5.75 Å². The summed E-state index contributed by atoms with van der Waals surface area (Å²) in [5.41, 5.74) is 5.90. The molecule has 0 saturated carbocycles. The van der Waals surface area contributed by atoms with E-state index < -0.39 is 6.36 Å². The van der Waals surface area contributed by atoms with Crippen molar-refractivity contribution in [3.8, 4) is 17.0 Å². The van der Waals surface area contributed by atoms with Gasteiger partial charge < -0.3 is 4.74 Å². The van der Waals surface area contributed by atoms with Crippen LogP contribution in [0.5, 0.6) is 5.75 Å². The van der Waals surface area contributed by atoms with E-state index in [0.29, 0.717) is 10.7 Å². The van der Waals surface area contributed by atoms with Gasteiger partial charge in [-0.25, -0.2) is 4.98 Å². The fraction of sp³-hybridized carbons (Fsp3) is 0.111. The molecular weight excluding hydrogens is 363 g/mol. The van der Waals surface area contributed by atoms with E-state index in [1.54, 1.807) is 13.0 Å². The number of hydrazone groups is 1. The summed E-state index contributed by atoms with van der Waals surface area (Å²) in [4.78, 5) is 4.42. The highest BCUT2D eigenvalue weighted by Crippen LogP contribution is 2.26. The Hall–Kier alpha value is -2.87. The molecule has 26 heavy (non-hydrogen) atoms. The van der Waals surface area contributed by atoms with E-state index in [2.05, 4.69) is 20.2 Å². The Balaban J connectivity index is 1.69. The Morgan fingerprint density at radius 2 is 1.92 bits per heavy atom. The quantitative estimate of drug-likeness (QED) is 0.474. The number of nitrogens with zero attached hydrogens (tertiary/aromatic N) is 2. The largest absolute Gasteiger partial charge is 0.573 e. The summed E-state index contributed by atoms with van der Waals surface area (Å²) in [6.45, 7) is 1.77. The van der Waals surface area contributed by atoms with Crippen molar-refractivity contribution in [2.75, 3.05) is 5.43 Å². The standard InChI is InChI=1S/C18H14F3N3OS/c1-12-7-8-15(25-18(19,20)21)9-14(12)10-22-24-17-23-16(11-26-17)13-5-3-2-4-6-13/h2-11H,1H3,(H,23,24). The Bertz CT molecular complexity index is 908. The van der Waals surface area contributed by atoms with E-state index in [1.165, 1.54) is 29.7 Å². The zero-order valence-electron chi connectivity index (χ0n) is 13.6. The molecule has 0 fully saturated rings. The summed E-state index contributed by atoms with van der Waals surface area (Å²) in [5.74, 6) is -0.287. The number of halogens is 3. The van der Waals surface area contributed by atoms with Crippen LogP contribution in [0.2, 0.25) is 0 Å². The van der Waals surface area contributed by atoms with Crippen molar-refractivity contribution < 1.29 is 17.9 Å². The third-order valence-corrected chi connectivity index (χ3v) is 4.17. The van der Waals surface area contributed by atoms with Crippen LogP contribution in [0.25, 0.3) is 11.3 Å². The first-order chi connectivity index (χ1) is 12.4. The van der Waals surface area contributed by atoms with Crippen LogP contribution < -0.4 is 10.2 Å². The van der Waals surface area contributed by atoms with Crippen LogP contribution in [0.15, 0.2) is 59.0 Å². The van der Waals surface area contributed by atoms with Crippen molar-refractivity contribution >= 4 is 22.7 Å². The lowest BCUT2D eigenvalue weighted by Crippen LogP contribution is -2.17. The molecule has 0 radical (unpaired) electrons. The SMILES string of the molecule is Cc1ccc(OC(F)(F)F)cc1C=NNc1nc(-c2ccccc2)cs1. The number of aryl methyl sites for hydroxylation is 1. The van der Waals surface area contributed by atoms with Crippen LogP contribution in [0, 0.1) is 6.92 Å². The lowest BCUT2D eigenvalue weighted by atomic mass is 10.1. The normalized spacial score (nSPS) is 11.7. The number of ether oxygens (including phenoxy) is 1. The maximum atomic E-state index is 12.3. The smallest absolute Gasteiger partial charge is 0.406 e. The summed E-state index contributed by atoms with van der Waals surface area (Å²) >= 11 is 1.39. The van der Waals surface area contributed by atoms with Crippen LogP contribution in [0.4, 0.5) is 18.3 Å². The van der Waals surface area contributed by atoms with Crippen LogP contribution in [-0.4, -0.2) is 17.6 Å². The van der Waals surface area contributed by atoms with Crippen molar-refractivity contribution in [3.63, 3.8) is 0 Å². The van der Waals surface area contributed by atoms with Crippen molar-refractivity contribution in [2.24, 2.45) is 5.10 Å². The fourth-order valence-corrected chi connectivity index (χ4v) is 2.85. The van der Waals surface area contributed by atoms with E-state index in [-0.39, 0.29) is 5.75 Å². The first-order valence-corrected chi connectivity index (χ1v) is 8.45. The Morgan fingerprint density at radius 1 is 1.15 bits per heavy atom. The Kier molecular flexibility index (Phi) is 5.22. The Labute approximate surface area is 152 Å². The number of anilines is 1. The van der Waals surface area contributed by atoms with Crippen LogP contribution in [0.1, 0.15) is 11.1 Å². The number of alkyl halides is 3. The first kappa shape index (κ1) is 17.9. The zero-order valence-corrected chi connectivity index (χ0v) is 14.4. The van der Waals surface area contributed by atoms with Crippen LogP contribution in [0.3, 0.4) is 0 Å². The molecule has 0 amide bonds. The summed E-state index contributed by atoms with van der Waals surface area (Å²) in [6, 6.07) is 13.8. The number of benzene rings is 2. The van der Waals surface area contributed by atoms with Gasteiger partial charge in [0, 0.05) is 16.5 Å². The highest BCUT2D eigenvalue weighted by Gasteiger charge is 2.31. The van der Waals surface area contributed by atoms with Gasteiger partial charge in [0.2, 0.25) is 5.13 Å². The van der Waals surface area contributed by atoms with Gasteiger partial charge in [-0.05, 0) is 24.6 Å². The van der Waals surface area contributed by atoms with E-state index >= 15 is 0 Å². The molecule has 0 aliphatic rings. The molecule has 0 unspecified atom stereocenters. The number of nitrogens with one attached hydrogen (secondary N) is 1. The molecule has 0 spiro atoms. The van der Waals surface area contributed by atoms with Crippen molar-refractivity contribution in [3.05, 3.63) is 65.0 Å². The molecule has 8 heteroatoms. The van der Waals surface area contributed by atoms with Gasteiger partial charge in [-0.15, -0.1) is 24.5 Å². The van der Waals surface area contributed by atoms with Crippen LogP contribution >= 0.6 is 11.3 Å². The summed E-state index contributed by atoms with van der Waals surface area (Å²) in [5, 5.41) is 6.54.